The lowest BCUT2D eigenvalue weighted by Gasteiger charge is -2.34. The first-order valence-corrected chi connectivity index (χ1v) is 6.80. The van der Waals surface area contributed by atoms with E-state index in [0.717, 1.165) is 5.56 Å². The fourth-order valence-electron chi connectivity index (χ4n) is 2.47. The monoisotopic (exact) mass is 295 g/mol. The van der Waals surface area contributed by atoms with Crippen LogP contribution in [0.4, 0.5) is 11.4 Å². The fourth-order valence-corrected chi connectivity index (χ4v) is 2.47. The number of hydrogen-bond acceptors (Lipinski definition) is 5. The van der Waals surface area contributed by atoms with Gasteiger partial charge >= 0.3 is 0 Å². The number of nitro groups is 1. The summed E-state index contributed by atoms with van der Waals surface area (Å²) in [6.45, 7) is 0.741. The van der Waals surface area contributed by atoms with Gasteiger partial charge in [-0.3, -0.25) is 10.1 Å². The van der Waals surface area contributed by atoms with E-state index in [9.17, 15) is 15.4 Å². The zero-order chi connectivity index (χ0) is 15.5. The van der Waals surface area contributed by atoms with Crippen LogP contribution in [-0.2, 0) is 6.54 Å². The molecule has 0 spiro atoms. The van der Waals surface area contributed by atoms with Gasteiger partial charge in [-0.1, -0.05) is 30.3 Å². The number of hydrogen-bond donors (Lipinski definition) is 0. The second kappa shape index (κ2) is 5.74. The van der Waals surface area contributed by atoms with Crippen molar-refractivity contribution in [2.45, 2.75) is 12.6 Å². The summed E-state index contributed by atoms with van der Waals surface area (Å²) in [5.41, 5.74) is 1.59. The molecule has 2 aromatic rings. The van der Waals surface area contributed by atoms with Crippen LogP contribution in [0.2, 0.25) is 0 Å². The van der Waals surface area contributed by atoms with Gasteiger partial charge in [0.2, 0.25) is 0 Å². The zero-order valence-electron chi connectivity index (χ0n) is 11.7. The minimum Gasteiger partial charge on any atom is -0.488 e. The topological polar surface area (TPSA) is 79.4 Å². The Morgan fingerprint density at radius 3 is 2.77 bits per heavy atom. The van der Waals surface area contributed by atoms with E-state index in [1.165, 1.54) is 12.1 Å². The Hall–Kier alpha value is -3.07. The molecule has 6 nitrogen and oxygen atoms in total. The summed E-state index contributed by atoms with van der Waals surface area (Å²) in [6.07, 6.45) is 0. The van der Waals surface area contributed by atoms with Crippen LogP contribution in [-0.4, -0.2) is 17.6 Å². The fraction of sp³-hybridized carbons (Fsp3) is 0.188. The Balaban J connectivity index is 2.01. The molecule has 1 unspecified atom stereocenters. The molecule has 0 fully saturated rings. The van der Waals surface area contributed by atoms with Crippen molar-refractivity contribution in [3.8, 4) is 11.8 Å². The third-order valence-corrected chi connectivity index (χ3v) is 3.58. The van der Waals surface area contributed by atoms with Crippen molar-refractivity contribution in [1.29, 1.82) is 5.26 Å². The molecule has 1 atom stereocenters. The number of nitrogens with zero attached hydrogens (tertiary/aromatic N) is 3. The van der Waals surface area contributed by atoms with Gasteiger partial charge in [0.05, 0.1) is 16.7 Å². The van der Waals surface area contributed by atoms with Gasteiger partial charge in [-0.05, 0) is 11.6 Å². The highest BCUT2D eigenvalue weighted by molar-refractivity contribution is 5.66. The lowest BCUT2D eigenvalue weighted by molar-refractivity contribution is -0.384. The number of nitro benzene ring substituents is 1. The maximum atomic E-state index is 11.0. The van der Waals surface area contributed by atoms with Gasteiger partial charge in [-0.2, -0.15) is 5.26 Å². The van der Waals surface area contributed by atoms with Crippen molar-refractivity contribution in [3.63, 3.8) is 0 Å². The first kappa shape index (κ1) is 13.9. The van der Waals surface area contributed by atoms with E-state index in [2.05, 4.69) is 6.07 Å². The molecule has 1 aliphatic heterocycles. The summed E-state index contributed by atoms with van der Waals surface area (Å²) in [5, 5.41) is 20.3. The van der Waals surface area contributed by atoms with E-state index in [1.807, 2.05) is 35.2 Å². The molecule has 0 saturated carbocycles. The minimum atomic E-state index is -0.477. The van der Waals surface area contributed by atoms with Crippen molar-refractivity contribution in [2.24, 2.45) is 0 Å². The first-order chi connectivity index (χ1) is 10.7. The highest BCUT2D eigenvalue weighted by atomic mass is 16.6. The molecule has 1 heterocycles. The molecule has 0 N–H and O–H groups in total. The van der Waals surface area contributed by atoms with E-state index in [0.29, 0.717) is 18.0 Å². The second-order valence-electron chi connectivity index (χ2n) is 4.98. The van der Waals surface area contributed by atoms with E-state index in [-0.39, 0.29) is 12.3 Å². The maximum Gasteiger partial charge on any atom is 0.271 e. The molecule has 0 aliphatic carbocycles. The summed E-state index contributed by atoms with van der Waals surface area (Å²) in [4.78, 5) is 12.4. The molecule has 0 bridgehead atoms. The summed E-state index contributed by atoms with van der Waals surface area (Å²) in [7, 11) is 0. The SMILES string of the molecule is N#CC1COc2ccc([N+](=O)[O-])cc2N1Cc1ccccc1. The Morgan fingerprint density at radius 1 is 1.32 bits per heavy atom. The molecule has 0 radical (unpaired) electrons. The number of anilines is 1. The van der Waals surface area contributed by atoms with Crippen LogP contribution in [0.5, 0.6) is 5.75 Å². The predicted molar refractivity (Wildman–Crippen MR) is 80.6 cm³/mol. The van der Waals surface area contributed by atoms with Crippen LogP contribution in [0.1, 0.15) is 5.56 Å². The molecule has 2 aromatic carbocycles. The lowest BCUT2D eigenvalue weighted by atomic mass is 10.1. The normalized spacial score (nSPS) is 16.3. The Kier molecular flexibility index (Phi) is 3.62. The van der Waals surface area contributed by atoms with Crippen LogP contribution in [0.25, 0.3) is 0 Å². The second-order valence-corrected chi connectivity index (χ2v) is 4.98. The van der Waals surface area contributed by atoms with Gasteiger partial charge in [-0.25, -0.2) is 0 Å². The van der Waals surface area contributed by atoms with Crippen molar-refractivity contribution in [3.05, 3.63) is 64.2 Å². The quantitative estimate of drug-likeness (QED) is 0.642. The third-order valence-electron chi connectivity index (χ3n) is 3.58. The molecule has 1 aliphatic rings. The number of benzene rings is 2. The molecule has 3 rings (SSSR count). The largest absolute Gasteiger partial charge is 0.488 e. The predicted octanol–water partition coefficient (Wildman–Crippen LogP) is 2.89. The molecule has 0 amide bonds. The van der Waals surface area contributed by atoms with Crippen LogP contribution >= 0.6 is 0 Å². The van der Waals surface area contributed by atoms with Crippen LogP contribution < -0.4 is 9.64 Å². The highest BCUT2D eigenvalue weighted by Crippen LogP contribution is 2.37. The van der Waals surface area contributed by atoms with Crippen molar-refractivity contribution in [1.82, 2.24) is 0 Å². The highest BCUT2D eigenvalue weighted by Gasteiger charge is 2.29. The Morgan fingerprint density at radius 2 is 2.09 bits per heavy atom. The average molecular weight is 295 g/mol. The van der Waals surface area contributed by atoms with Crippen molar-refractivity contribution < 1.29 is 9.66 Å². The average Bonchev–Trinajstić information content (AvgIpc) is 2.55. The van der Waals surface area contributed by atoms with Gasteiger partial charge in [0.1, 0.15) is 12.4 Å². The van der Waals surface area contributed by atoms with E-state index in [1.54, 1.807) is 6.07 Å². The smallest absolute Gasteiger partial charge is 0.271 e. The lowest BCUT2D eigenvalue weighted by Crippen LogP contribution is -2.41. The first-order valence-electron chi connectivity index (χ1n) is 6.80. The van der Waals surface area contributed by atoms with Crippen LogP contribution in [0.15, 0.2) is 48.5 Å². The van der Waals surface area contributed by atoms with Gasteiger partial charge in [-0.15, -0.1) is 0 Å². The maximum absolute atomic E-state index is 11.0. The molecular formula is C16H13N3O3. The molecule has 22 heavy (non-hydrogen) atoms. The van der Waals surface area contributed by atoms with E-state index < -0.39 is 11.0 Å². The van der Waals surface area contributed by atoms with Gasteiger partial charge in [0, 0.05) is 18.7 Å². The van der Waals surface area contributed by atoms with E-state index >= 15 is 0 Å². The van der Waals surface area contributed by atoms with E-state index in [4.69, 9.17) is 4.74 Å². The Bertz CT molecular complexity index is 740. The minimum absolute atomic E-state index is 0.0148. The summed E-state index contributed by atoms with van der Waals surface area (Å²) in [6, 6.07) is 15.9. The number of fused-ring (bicyclic) bond motifs is 1. The molecule has 0 aromatic heterocycles. The summed E-state index contributed by atoms with van der Waals surface area (Å²) < 4.78 is 5.54. The number of nitriles is 1. The molecular weight excluding hydrogens is 282 g/mol. The molecule has 6 heteroatoms. The zero-order valence-corrected chi connectivity index (χ0v) is 11.7. The van der Waals surface area contributed by atoms with Gasteiger partial charge in [0.25, 0.3) is 5.69 Å². The van der Waals surface area contributed by atoms with Gasteiger partial charge in [0.15, 0.2) is 6.04 Å². The van der Waals surface area contributed by atoms with Crippen molar-refractivity contribution >= 4 is 11.4 Å². The Labute approximate surface area is 127 Å². The third kappa shape index (κ3) is 2.56. The van der Waals surface area contributed by atoms with Crippen LogP contribution in [0, 0.1) is 21.4 Å². The number of non-ortho nitro benzene ring substituents is 1. The standard InChI is InChI=1S/C16H13N3O3/c17-9-14-11-22-16-7-6-13(19(20)21)8-15(16)18(14)10-12-4-2-1-3-5-12/h1-8,14H,10-11H2. The van der Waals surface area contributed by atoms with Crippen LogP contribution in [0.3, 0.4) is 0 Å². The number of rotatable bonds is 3. The van der Waals surface area contributed by atoms with Gasteiger partial charge < -0.3 is 9.64 Å². The summed E-state index contributed by atoms with van der Waals surface area (Å²) >= 11 is 0. The number of ether oxygens (including phenoxy) is 1. The van der Waals surface area contributed by atoms with Crippen molar-refractivity contribution in [2.75, 3.05) is 11.5 Å². The summed E-state index contributed by atoms with van der Waals surface area (Å²) in [5.74, 6) is 0.563. The molecule has 110 valence electrons. The molecule has 0 saturated heterocycles.